The predicted molar refractivity (Wildman–Crippen MR) is 72.6 cm³/mol. The molecule has 0 spiro atoms. The van der Waals surface area contributed by atoms with E-state index in [-0.39, 0.29) is 0 Å². The molecule has 1 aromatic carbocycles. The van der Waals surface area contributed by atoms with Crippen LogP contribution in [0.15, 0.2) is 42.6 Å². The number of halogens is 3. The van der Waals surface area contributed by atoms with E-state index in [2.05, 4.69) is 10.3 Å². The fourth-order valence-electron chi connectivity index (χ4n) is 1.93. The van der Waals surface area contributed by atoms with Crippen molar-refractivity contribution in [3.63, 3.8) is 0 Å². The van der Waals surface area contributed by atoms with Crippen LogP contribution < -0.4 is 5.32 Å². The number of nitrogens with one attached hydrogen (secondary N) is 1. The first-order valence-electron chi connectivity index (χ1n) is 6.28. The Morgan fingerprint density at radius 1 is 1.15 bits per heavy atom. The molecule has 0 radical (unpaired) electrons. The average Bonchev–Trinajstić information content (AvgIpc) is 2.40. The Balaban J connectivity index is 1.97. The SMILES string of the molecule is Cc1ncccc1CCNc1cccc(C(F)(F)F)c1. The van der Waals surface area contributed by atoms with Crippen LogP contribution in [-0.4, -0.2) is 11.5 Å². The van der Waals surface area contributed by atoms with Crippen LogP contribution in [-0.2, 0) is 12.6 Å². The minimum absolute atomic E-state index is 0.473. The van der Waals surface area contributed by atoms with Gasteiger partial charge in [-0.2, -0.15) is 13.2 Å². The zero-order valence-electron chi connectivity index (χ0n) is 11.0. The van der Waals surface area contributed by atoms with Crippen molar-refractivity contribution >= 4 is 5.69 Å². The van der Waals surface area contributed by atoms with E-state index < -0.39 is 11.7 Å². The van der Waals surface area contributed by atoms with E-state index in [9.17, 15) is 13.2 Å². The van der Waals surface area contributed by atoms with E-state index in [1.54, 1.807) is 12.3 Å². The molecule has 0 saturated heterocycles. The van der Waals surface area contributed by atoms with Gasteiger partial charge in [-0.05, 0) is 43.2 Å². The van der Waals surface area contributed by atoms with Crippen LogP contribution in [0.3, 0.4) is 0 Å². The minimum Gasteiger partial charge on any atom is -0.385 e. The lowest BCUT2D eigenvalue weighted by molar-refractivity contribution is -0.137. The second-order valence-corrected chi connectivity index (χ2v) is 4.50. The standard InChI is InChI=1S/C15H15F3N2/c1-11-12(4-3-8-19-11)7-9-20-14-6-2-5-13(10-14)15(16,17)18/h2-6,8,10,20H,7,9H2,1H3. The van der Waals surface area contributed by atoms with Gasteiger partial charge >= 0.3 is 6.18 Å². The summed E-state index contributed by atoms with van der Waals surface area (Å²) in [5.41, 5.74) is 1.87. The van der Waals surface area contributed by atoms with Crippen LogP contribution in [0.4, 0.5) is 18.9 Å². The third kappa shape index (κ3) is 3.73. The number of anilines is 1. The second-order valence-electron chi connectivity index (χ2n) is 4.50. The van der Waals surface area contributed by atoms with Crippen molar-refractivity contribution in [1.82, 2.24) is 4.98 Å². The molecule has 106 valence electrons. The number of hydrogen-bond acceptors (Lipinski definition) is 2. The summed E-state index contributed by atoms with van der Waals surface area (Å²) in [5, 5.41) is 3.01. The highest BCUT2D eigenvalue weighted by molar-refractivity contribution is 5.46. The van der Waals surface area contributed by atoms with E-state index in [4.69, 9.17) is 0 Å². The molecule has 0 saturated carbocycles. The van der Waals surface area contributed by atoms with Gasteiger partial charge in [-0.1, -0.05) is 12.1 Å². The van der Waals surface area contributed by atoms with E-state index in [0.29, 0.717) is 12.2 Å². The molecule has 1 heterocycles. The molecule has 20 heavy (non-hydrogen) atoms. The number of aryl methyl sites for hydroxylation is 1. The van der Waals surface area contributed by atoms with Gasteiger partial charge in [-0.15, -0.1) is 0 Å². The van der Waals surface area contributed by atoms with Gasteiger partial charge in [0.05, 0.1) is 5.56 Å². The van der Waals surface area contributed by atoms with E-state index in [1.165, 1.54) is 6.07 Å². The molecule has 2 rings (SSSR count). The van der Waals surface area contributed by atoms with Crippen LogP contribution in [0.2, 0.25) is 0 Å². The minimum atomic E-state index is -4.31. The van der Waals surface area contributed by atoms with Crippen molar-refractivity contribution in [3.05, 3.63) is 59.4 Å². The van der Waals surface area contributed by atoms with Crippen LogP contribution in [0.1, 0.15) is 16.8 Å². The summed E-state index contributed by atoms with van der Waals surface area (Å²) in [4.78, 5) is 4.17. The highest BCUT2D eigenvalue weighted by Crippen LogP contribution is 2.30. The van der Waals surface area contributed by atoms with Crippen LogP contribution >= 0.6 is 0 Å². The molecule has 1 N–H and O–H groups in total. The predicted octanol–water partition coefficient (Wildman–Crippen LogP) is 4.06. The van der Waals surface area contributed by atoms with Crippen molar-refractivity contribution < 1.29 is 13.2 Å². The Kier molecular flexibility index (Phi) is 4.27. The van der Waals surface area contributed by atoms with E-state index in [0.717, 1.165) is 29.8 Å². The fraction of sp³-hybridized carbons (Fsp3) is 0.267. The number of hydrogen-bond donors (Lipinski definition) is 1. The summed E-state index contributed by atoms with van der Waals surface area (Å²) < 4.78 is 37.7. The summed E-state index contributed by atoms with van der Waals surface area (Å²) in [7, 11) is 0. The maximum atomic E-state index is 12.6. The molecule has 2 nitrogen and oxygen atoms in total. The highest BCUT2D eigenvalue weighted by atomic mass is 19.4. The molecule has 0 amide bonds. The quantitative estimate of drug-likeness (QED) is 0.913. The van der Waals surface area contributed by atoms with Crippen molar-refractivity contribution in [2.45, 2.75) is 19.5 Å². The number of benzene rings is 1. The molecule has 0 bridgehead atoms. The second kappa shape index (κ2) is 5.94. The molecule has 1 aromatic heterocycles. The first-order chi connectivity index (χ1) is 9.47. The lowest BCUT2D eigenvalue weighted by Crippen LogP contribution is -2.09. The molecule has 0 aliphatic heterocycles. The molecule has 0 aliphatic rings. The van der Waals surface area contributed by atoms with Gasteiger partial charge in [0.2, 0.25) is 0 Å². The lowest BCUT2D eigenvalue weighted by atomic mass is 10.1. The Hall–Kier alpha value is -2.04. The Labute approximate surface area is 115 Å². The smallest absolute Gasteiger partial charge is 0.385 e. The van der Waals surface area contributed by atoms with Crippen molar-refractivity contribution in [2.75, 3.05) is 11.9 Å². The van der Waals surface area contributed by atoms with Crippen molar-refractivity contribution in [1.29, 1.82) is 0 Å². The summed E-state index contributed by atoms with van der Waals surface area (Å²) in [6.45, 7) is 2.48. The fourth-order valence-corrected chi connectivity index (χ4v) is 1.93. The molecular formula is C15H15F3N2. The van der Waals surface area contributed by atoms with Gasteiger partial charge in [-0.25, -0.2) is 0 Å². The number of nitrogens with zero attached hydrogens (tertiary/aromatic N) is 1. The van der Waals surface area contributed by atoms with E-state index in [1.807, 2.05) is 19.1 Å². The van der Waals surface area contributed by atoms with Crippen LogP contribution in [0.5, 0.6) is 0 Å². The molecule has 0 atom stereocenters. The Bertz CT molecular complexity index is 579. The Morgan fingerprint density at radius 2 is 1.95 bits per heavy atom. The summed E-state index contributed by atoms with van der Waals surface area (Å²) in [6.07, 6.45) is -1.87. The molecule has 0 aliphatic carbocycles. The molecule has 5 heteroatoms. The van der Waals surface area contributed by atoms with Gasteiger partial charge in [-0.3, -0.25) is 4.98 Å². The zero-order chi connectivity index (χ0) is 14.6. The van der Waals surface area contributed by atoms with Crippen LogP contribution in [0.25, 0.3) is 0 Å². The van der Waals surface area contributed by atoms with E-state index >= 15 is 0 Å². The van der Waals surface area contributed by atoms with Gasteiger partial charge in [0.1, 0.15) is 0 Å². The Morgan fingerprint density at radius 3 is 2.65 bits per heavy atom. The van der Waals surface area contributed by atoms with Gasteiger partial charge in [0.15, 0.2) is 0 Å². The molecular weight excluding hydrogens is 265 g/mol. The topological polar surface area (TPSA) is 24.9 Å². The third-order valence-corrected chi connectivity index (χ3v) is 3.03. The van der Waals surface area contributed by atoms with Crippen molar-refractivity contribution in [2.24, 2.45) is 0 Å². The van der Waals surface area contributed by atoms with Crippen molar-refractivity contribution in [3.8, 4) is 0 Å². The number of pyridine rings is 1. The monoisotopic (exact) mass is 280 g/mol. The average molecular weight is 280 g/mol. The summed E-state index contributed by atoms with van der Waals surface area (Å²) in [6, 6.07) is 9.04. The number of alkyl halides is 3. The first kappa shape index (κ1) is 14.4. The molecule has 0 unspecified atom stereocenters. The van der Waals surface area contributed by atoms with Gasteiger partial charge < -0.3 is 5.32 Å². The largest absolute Gasteiger partial charge is 0.416 e. The first-order valence-corrected chi connectivity index (χ1v) is 6.28. The maximum Gasteiger partial charge on any atom is 0.416 e. The zero-order valence-corrected chi connectivity index (χ0v) is 11.0. The number of aromatic nitrogens is 1. The summed E-state index contributed by atoms with van der Waals surface area (Å²) in [5.74, 6) is 0. The molecule has 0 fully saturated rings. The number of rotatable bonds is 4. The maximum absolute atomic E-state index is 12.6. The van der Waals surface area contributed by atoms with Gasteiger partial charge in [0.25, 0.3) is 0 Å². The van der Waals surface area contributed by atoms with Gasteiger partial charge in [0, 0.05) is 24.1 Å². The normalized spacial score (nSPS) is 11.4. The lowest BCUT2D eigenvalue weighted by Gasteiger charge is -2.11. The molecule has 2 aromatic rings. The van der Waals surface area contributed by atoms with Crippen LogP contribution in [0, 0.1) is 6.92 Å². The third-order valence-electron chi connectivity index (χ3n) is 3.03. The summed E-state index contributed by atoms with van der Waals surface area (Å²) >= 11 is 0. The highest BCUT2D eigenvalue weighted by Gasteiger charge is 2.30.